The zero-order valence-electron chi connectivity index (χ0n) is 14.6. The summed E-state index contributed by atoms with van der Waals surface area (Å²) in [7, 11) is 1.74. The summed E-state index contributed by atoms with van der Waals surface area (Å²) in [4.78, 5) is 12.5. The minimum atomic E-state index is -0.232. The van der Waals surface area contributed by atoms with Gasteiger partial charge in [-0.15, -0.1) is 0 Å². The van der Waals surface area contributed by atoms with Crippen LogP contribution in [-0.4, -0.2) is 35.2 Å². The maximum atomic E-state index is 12.5. The molecule has 0 radical (unpaired) electrons. The molecule has 0 aliphatic rings. The largest absolute Gasteiger partial charge is 0.318 e. The number of hydrogen-bond donors (Lipinski definition) is 1. The highest BCUT2D eigenvalue weighted by molar-refractivity contribution is 9.10. The van der Waals surface area contributed by atoms with Crippen LogP contribution in [0.3, 0.4) is 0 Å². The van der Waals surface area contributed by atoms with Gasteiger partial charge in [0.15, 0.2) is 0 Å². The van der Waals surface area contributed by atoms with Gasteiger partial charge in [0.1, 0.15) is 5.69 Å². The van der Waals surface area contributed by atoms with Crippen molar-refractivity contribution in [3.8, 4) is 0 Å². The summed E-state index contributed by atoms with van der Waals surface area (Å²) in [5, 5.41) is 15.7. The molecular formula is C16H20BrN7O. The van der Waals surface area contributed by atoms with Crippen LogP contribution < -0.4 is 5.32 Å². The molecular weight excluding hydrogens is 386 g/mol. The number of halogens is 1. The van der Waals surface area contributed by atoms with E-state index in [4.69, 9.17) is 0 Å². The summed E-state index contributed by atoms with van der Waals surface area (Å²) in [6.07, 6.45) is 5.29. The van der Waals surface area contributed by atoms with E-state index >= 15 is 0 Å². The summed E-state index contributed by atoms with van der Waals surface area (Å²) in [6, 6.07) is 0. The van der Waals surface area contributed by atoms with Crippen molar-refractivity contribution in [2.75, 3.05) is 5.32 Å². The fourth-order valence-corrected chi connectivity index (χ4v) is 3.23. The van der Waals surface area contributed by atoms with Crippen molar-refractivity contribution in [3.05, 3.63) is 45.7 Å². The van der Waals surface area contributed by atoms with Crippen molar-refractivity contribution in [3.63, 3.8) is 0 Å². The maximum Gasteiger partial charge on any atom is 0.275 e. The Morgan fingerprint density at radius 2 is 2.04 bits per heavy atom. The van der Waals surface area contributed by atoms with E-state index in [1.807, 2.05) is 24.7 Å². The highest BCUT2D eigenvalue weighted by Gasteiger charge is 2.19. The summed E-state index contributed by atoms with van der Waals surface area (Å²) < 4.78 is 5.98. The number of hydrogen-bond acceptors (Lipinski definition) is 4. The van der Waals surface area contributed by atoms with Gasteiger partial charge in [0.25, 0.3) is 5.91 Å². The third kappa shape index (κ3) is 3.37. The van der Waals surface area contributed by atoms with Crippen molar-refractivity contribution in [1.29, 1.82) is 0 Å². The number of nitrogens with zero attached hydrogens (tertiary/aromatic N) is 6. The molecule has 3 aromatic heterocycles. The second kappa shape index (κ2) is 6.83. The number of anilines is 1. The van der Waals surface area contributed by atoms with Crippen molar-refractivity contribution in [2.45, 2.75) is 33.9 Å². The molecule has 9 heteroatoms. The van der Waals surface area contributed by atoms with Gasteiger partial charge in [0.05, 0.1) is 34.8 Å². The average molecular weight is 406 g/mol. The van der Waals surface area contributed by atoms with Gasteiger partial charge in [-0.1, -0.05) is 0 Å². The van der Waals surface area contributed by atoms with Crippen molar-refractivity contribution >= 4 is 27.5 Å². The lowest BCUT2D eigenvalue weighted by Crippen LogP contribution is -2.16. The predicted molar refractivity (Wildman–Crippen MR) is 97.6 cm³/mol. The summed E-state index contributed by atoms with van der Waals surface area (Å²) in [5.74, 6) is -0.232. The number of rotatable bonds is 5. The van der Waals surface area contributed by atoms with Gasteiger partial charge in [0.2, 0.25) is 0 Å². The van der Waals surface area contributed by atoms with Crippen LogP contribution in [0, 0.1) is 13.8 Å². The van der Waals surface area contributed by atoms with E-state index in [-0.39, 0.29) is 5.91 Å². The molecule has 0 spiro atoms. The number of nitrogens with one attached hydrogen (secondary N) is 1. The first-order valence-corrected chi connectivity index (χ1v) is 8.74. The molecule has 1 amide bonds. The van der Waals surface area contributed by atoms with Crippen molar-refractivity contribution in [2.24, 2.45) is 7.05 Å². The molecule has 1 N–H and O–H groups in total. The highest BCUT2D eigenvalue weighted by Crippen LogP contribution is 2.21. The van der Waals surface area contributed by atoms with Crippen LogP contribution in [0.25, 0.3) is 0 Å². The molecule has 0 aromatic carbocycles. The Kier molecular flexibility index (Phi) is 4.76. The Hall–Kier alpha value is -2.42. The molecule has 0 saturated heterocycles. The van der Waals surface area contributed by atoms with Crippen LogP contribution in [0.2, 0.25) is 0 Å². The molecule has 3 aromatic rings. The Balaban J connectivity index is 1.73. The number of carbonyl (C=O) groups excluding carboxylic acids is 1. The predicted octanol–water partition coefficient (Wildman–Crippen LogP) is 2.51. The van der Waals surface area contributed by atoms with Gasteiger partial charge in [0, 0.05) is 31.0 Å². The third-order valence-electron chi connectivity index (χ3n) is 4.09. The van der Waals surface area contributed by atoms with E-state index in [1.165, 1.54) is 0 Å². The number of aromatic nitrogens is 6. The van der Waals surface area contributed by atoms with E-state index in [9.17, 15) is 4.79 Å². The molecule has 0 unspecified atom stereocenters. The van der Waals surface area contributed by atoms with Crippen LogP contribution in [0.5, 0.6) is 0 Å². The van der Waals surface area contributed by atoms with E-state index in [0.29, 0.717) is 22.4 Å². The quantitative estimate of drug-likeness (QED) is 0.706. The second-order valence-corrected chi connectivity index (χ2v) is 6.62. The smallest absolute Gasteiger partial charge is 0.275 e. The van der Waals surface area contributed by atoms with Crippen LogP contribution in [0.4, 0.5) is 5.69 Å². The van der Waals surface area contributed by atoms with E-state index in [1.54, 1.807) is 28.8 Å². The standard InChI is InChI=1S/C16H20BrN7O/c1-5-24-11(3)12(6-19-24)8-23-9-13(7-18-23)20-16(25)15-14(17)10(2)21-22(15)4/h6-7,9H,5,8H2,1-4H3,(H,20,25). The normalized spacial score (nSPS) is 11.1. The molecule has 0 fully saturated rings. The second-order valence-electron chi connectivity index (χ2n) is 5.82. The van der Waals surface area contributed by atoms with Gasteiger partial charge in [-0.2, -0.15) is 15.3 Å². The summed E-state index contributed by atoms with van der Waals surface area (Å²) >= 11 is 3.41. The summed E-state index contributed by atoms with van der Waals surface area (Å²) in [6.45, 7) is 7.39. The molecule has 3 rings (SSSR count). The number of aryl methyl sites for hydroxylation is 3. The molecule has 132 valence electrons. The highest BCUT2D eigenvalue weighted by atomic mass is 79.9. The Morgan fingerprint density at radius 3 is 2.64 bits per heavy atom. The molecule has 0 atom stereocenters. The molecule has 3 heterocycles. The van der Waals surface area contributed by atoms with Gasteiger partial charge in [-0.25, -0.2) is 0 Å². The lowest BCUT2D eigenvalue weighted by atomic mass is 10.2. The lowest BCUT2D eigenvalue weighted by Gasteiger charge is -2.04. The topological polar surface area (TPSA) is 82.6 Å². The fraction of sp³-hybridized carbons (Fsp3) is 0.375. The average Bonchev–Trinajstić information content (AvgIpc) is 3.21. The zero-order chi connectivity index (χ0) is 18.1. The third-order valence-corrected chi connectivity index (χ3v) is 5.04. The first kappa shape index (κ1) is 17.4. The van der Waals surface area contributed by atoms with Gasteiger partial charge in [-0.3, -0.25) is 18.8 Å². The van der Waals surface area contributed by atoms with Gasteiger partial charge in [-0.05, 0) is 36.7 Å². The Bertz CT molecular complexity index is 921. The molecule has 8 nitrogen and oxygen atoms in total. The SMILES string of the molecule is CCn1ncc(Cn2cc(NC(=O)c3c(Br)c(C)nn3C)cn2)c1C. The minimum absolute atomic E-state index is 0.232. The minimum Gasteiger partial charge on any atom is -0.318 e. The first-order chi connectivity index (χ1) is 11.9. The van der Waals surface area contributed by atoms with E-state index in [2.05, 4.69) is 43.5 Å². The van der Waals surface area contributed by atoms with Crippen LogP contribution in [0.15, 0.2) is 23.1 Å². The van der Waals surface area contributed by atoms with Gasteiger partial charge >= 0.3 is 0 Å². The monoisotopic (exact) mass is 405 g/mol. The molecule has 0 aliphatic carbocycles. The molecule has 0 aliphatic heterocycles. The molecule has 25 heavy (non-hydrogen) atoms. The van der Waals surface area contributed by atoms with Crippen LogP contribution >= 0.6 is 15.9 Å². The van der Waals surface area contributed by atoms with E-state index < -0.39 is 0 Å². The van der Waals surface area contributed by atoms with Crippen LogP contribution in [0.1, 0.15) is 34.4 Å². The molecule has 0 bridgehead atoms. The Labute approximate surface area is 154 Å². The summed E-state index contributed by atoms with van der Waals surface area (Å²) in [5.41, 5.74) is 4.11. The Morgan fingerprint density at radius 1 is 1.28 bits per heavy atom. The van der Waals surface area contributed by atoms with E-state index in [0.717, 1.165) is 23.5 Å². The first-order valence-electron chi connectivity index (χ1n) is 7.94. The van der Waals surface area contributed by atoms with Crippen LogP contribution in [-0.2, 0) is 20.1 Å². The maximum absolute atomic E-state index is 12.5. The molecule has 0 saturated carbocycles. The fourth-order valence-electron chi connectivity index (χ4n) is 2.72. The lowest BCUT2D eigenvalue weighted by molar-refractivity contribution is 0.101. The van der Waals surface area contributed by atoms with Crippen molar-refractivity contribution in [1.82, 2.24) is 29.3 Å². The number of amides is 1. The number of carbonyl (C=O) groups is 1. The van der Waals surface area contributed by atoms with Gasteiger partial charge < -0.3 is 5.32 Å². The van der Waals surface area contributed by atoms with Crippen molar-refractivity contribution < 1.29 is 4.79 Å². The zero-order valence-corrected chi connectivity index (χ0v) is 16.2.